The Labute approximate surface area is 163 Å². The normalized spacial score (nSPS) is 14.4. The molecule has 2 heterocycles. The van der Waals surface area contributed by atoms with Crippen molar-refractivity contribution in [3.63, 3.8) is 0 Å². The van der Waals surface area contributed by atoms with E-state index in [0.29, 0.717) is 23.7 Å². The van der Waals surface area contributed by atoms with Gasteiger partial charge in [0.1, 0.15) is 0 Å². The number of nitrogens with one attached hydrogen (secondary N) is 1. The number of carbonyl (C=O) groups is 1. The predicted octanol–water partition coefficient (Wildman–Crippen LogP) is 4.00. The number of piperazine rings is 1. The first-order valence-corrected chi connectivity index (χ1v) is 9.40. The lowest BCUT2D eigenvalue weighted by Crippen LogP contribution is -2.48. The second-order valence-electron chi connectivity index (χ2n) is 6.78. The lowest BCUT2D eigenvalue weighted by molar-refractivity contribution is 0.0747. The Bertz CT molecular complexity index is 926. The maximum absolute atomic E-state index is 13.0. The minimum Gasteiger partial charge on any atom is -0.368 e. The standard InChI is InChI=1S/C21H21ClN4O/c1-15-2-8-18(9-3-15)25-10-12-26(13-11-25)21(27)19-14-23-24-20(19)16-4-6-17(22)7-5-16/h2-9,14H,10-13H2,1H3,(H,23,24). The number of aryl methyl sites for hydroxylation is 1. The van der Waals surface area contributed by atoms with Crippen LogP contribution in [0.5, 0.6) is 0 Å². The summed E-state index contributed by atoms with van der Waals surface area (Å²) in [4.78, 5) is 17.2. The van der Waals surface area contributed by atoms with Crippen LogP contribution in [-0.4, -0.2) is 47.2 Å². The van der Waals surface area contributed by atoms with Crippen LogP contribution in [0, 0.1) is 6.92 Å². The first-order valence-electron chi connectivity index (χ1n) is 9.02. The van der Waals surface area contributed by atoms with E-state index in [9.17, 15) is 4.79 Å². The van der Waals surface area contributed by atoms with Gasteiger partial charge in [-0.3, -0.25) is 9.89 Å². The Kier molecular flexibility index (Phi) is 4.86. The molecule has 1 aliphatic heterocycles. The second kappa shape index (κ2) is 7.45. The van der Waals surface area contributed by atoms with Gasteiger partial charge in [-0.25, -0.2) is 0 Å². The molecule has 1 N–H and O–H groups in total. The van der Waals surface area contributed by atoms with Crippen LogP contribution >= 0.6 is 11.6 Å². The van der Waals surface area contributed by atoms with Gasteiger partial charge in [-0.05, 0) is 31.2 Å². The van der Waals surface area contributed by atoms with Crippen LogP contribution in [-0.2, 0) is 0 Å². The van der Waals surface area contributed by atoms with Crippen LogP contribution in [0.1, 0.15) is 15.9 Å². The quantitative estimate of drug-likeness (QED) is 0.747. The van der Waals surface area contributed by atoms with Crippen LogP contribution in [0.15, 0.2) is 54.7 Å². The molecule has 1 saturated heterocycles. The highest BCUT2D eigenvalue weighted by atomic mass is 35.5. The van der Waals surface area contributed by atoms with E-state index in [-0.39, 0.29) is 5.91 Å². The highest BCUT2D eigenvalue weighted by Gasteiger charge is 2.25. The van der Waals surface area contributed by atoms with E-state index >= 15 is 0 Å². The Morgan fingerprint density at radius 1 is 1.00 bits per heavy atom. The molecular weight excluding hydrogens is 360 g/mol. The summed E-state index contributed by atoms with van der Waals surface area (Å²) in [5, 5.41) is 7.71. The smallest absolute Gasteiger partial charge is 0.257 e. The molecule has 2 aromatic carbocycles. The zero-order valence-electron chi connectivity index (χ0n) is 15.2. The zero-order chi connectivity index (χ0) is 18.8. The molecule has 5 nitrogen and oxygen atoms in total. The summed E-state index contributed by atoms with van der Waals surface area (Å²) >= 11 is 5.96. The summed E-state index contributed by atoms with van der Waals surface area (Å²) in [5.41, 5.74) is 4.69. The predicted molar refractivity (Wildman–Crippen MR) is 108 cm³/mol. The molecule has 0 bridgehead atoms. The number of rotatable bonds is 3. The van der Waals surface area contributed by atoms with E-state index in [1.807, 2.05) is 29.2 Å². The van der Waals surface area contributed by atoms with E-state index in [1.165, 1.54) is 11.3 Å². The van der Waals surface area contributed by atoms with Crippen molar-refractivity contribution in [2.24, 2.45) is 0 Å². The van der Waals surface area contributed by atoms with Gasteiger partial charge in [-0.15, -0.1) is 0 Å². The number of halogens is 1. The van der Waals surface area contributed by atoms with Crippen molar-refractivity contribution in [1.82, 2.24) is 15.1 Å². The molecule has 138 valence electrons. The Hall–Kier alpha value is -2.79. The summed E-state index contributed by atoms with van der Waals surface area (Å²) in [5.74, 6) is 0.0113. The minimum absolute atomic E-state index is 0.0113. The van der Waals surface area contributed by atoms with E-state index in [0.717, 1.165) is 24.3 Å². The maximum Gasteiger partial charge on any atom is 0.257 e. The van der Waals surface area contributed by atoms with Crippen LogP contribution in [0.4, 0.5) is 5.69 Å². The number of anilines is 1. The third kappa shape index (κ3) is 3.69. The van der Waals surface area contributed by atoms with Crippen molar-refractivity contribution in [2.45, 2.75) is 6.92 Å². The number of carbonyl (C=O) groups excluding carboxylic acids is 1. The summed E-state index contributed by atoms with van der Waals surface area (Å²) in [6.45, 7) is 5.12. The van der Waals surface area contributed by atoms with Crippen LogP contribution in [0.25, 0.3) is 11.3 Å². The Balaban J connectivity index is 1.46. The molecule has 1 fully saturated rings. The summed E-state index contributed by atoms with van der Waals surface area (Å²) in [7, 11) is 0. The fourth-order valence-electron chi connectivity index (χ4n) is 3.38. The van der Waals surface area contributed by atoms with Gasteiger partial charge in [-0.2, -0.15) is 5.10 Å². The molecule has 4 rings (SSSR count). The molecule has 27 heavy (non-hydrogen) atoms. The fourth-order valence-corrected chi connectivity index (χ4v) is 3.50. The number of amides is 1. The number of nitrogens with zero attached hydrogens (tertiary/aromatic N) is 3. The maximum atomic E-state index is 13.0. The lowest BCUT2D eigenvalue weighted by atomic mass is 10.1. The molecule has 6 heteroatoms. The van der Waals surface area contributed by atoms with Crippen molar-refractivity contribution in [3.05, 3.63) is 70.9 Å². The Morgan fingerprint density at radius 3 is 2.33 bits per heavy atom. The number of aromatic nitrogens is 2. The zero-order valence-corrected chi connectivity index (χ0v) is 15.9. The number of hydrogen-bond acceptors (Lipinski definition) is 3. The van der Waals surface area contributed by atoms with E-state index < -0.39 is 0 Å². The molecule has 0 aliphatic carbocycles. The third-order valence-electron chi connectivity index (χ3n) is 4.97. The van der Waals surface area contributed by atoms with Gasteiger partial charge < -0.3 is 9.80 Å². The van der Waals surface area contributed by atoms with Gasteiger partial charge in [0.25, 0.3) is 5.91 Å². The molecule has 0 radical (unpaired) electrons. The van der Waals surface area contributed by atoms with Crippen LogP contribution in [0.2, 0.25) is 5.02 Å². The third-order valence-corrected chi connectivity index (χ3v) is 5.22. The van der Waals surface area contributed by atoms with Crippen LogP contribution in [0.3, 0.4) is 0 Å². The molecule has 0 unspecified atom stereocenters. The molecule has 1 amide bonds. The average molecular weight is 381 g/mol. The molecular formula is C21H21ClN4O. The van der Waals surface area contributed by atoms with E-state index in [4.69, 9.17) is 11.6 Å². The highest BCUT2D eigenvalue weighted by molar-refractivity contribution is 6.30. The lowest BCUT2D eigenvalue weighted by Gasteiger charge is -2.36. The highest BCUT2D eigenvalue weighted by Crippen LogP contribution is 2.25. The molecule has 0 spiro atoms. The van der Waals surface area contributed by atoms with Gasteiger partial charge in [0, 0.05) is 42.5 Å². The minimum atomic E-state index is 0.0113. The Morgan fingerprint density at radius 2 is 1.67 bits per heavy atom. The summed E-state index contributed by atoms with van der Waals surface area (Å²) in [6, 6.07) is 15.9. The number of hydrogen-bond donors (Lipinski definition) is 1. The number of benzene rings is 2. The van der Waals surface area contributed by atoms with Gasteiger partial charge in [0.05, 0.1) is 17.5 Å². The second-order valence-corrected chi connectivity index (χ2v) is 7.22. The van der Waals surface area contributed by atoms with E-state index in [2.05, 4.69) is 46.3 Å². The monoisotopic (exact) mass is 380 g/mol. The molecule has 0 atom stereocenters. The number of aromatic amines is 1. The van der Waals surface area contributed by atoms with Crippen molar-refractivity contribution < 1.29 is 4.79 Å². The van der Waals surface area contributed by atoms with Gasteiger partial charge >= 0.3 is 0 Å². The van der Waals surface area contributed by atoms with Crippen molar-refractivity contribution in [2.75, 3.05) is 31.1 Å². The number of H-pyrrole nitrogens is 1. The SMILES string of the molecule is Cc1ccc(N2CCN(C(=O)c3cn[nH]c3-c3ccc(Cl)cc3)CC2)cc1. The largest absolute Gasteiger partial charge is 0.368 e. The van der Waals surface area contributed by atoms with Gasteiger partial charge in [0.15, 0.2) is 0 Å². The fraction of sp³-hybridized carbons (Fsp3) is 0.238. The molecule has 1 aliphatic rings. The van der Waals surface area contributed by atoms with E-state index in [1.54, 1.807) is 6.20 Å². The van der Waals surface area contributed by atoms with Crippen molar-refractivity contribution in [3.8, 4) is 11.3 Å². The van der Waals surface area contributed by atoms with Crippen molar-refractivity contribution in [1.29, 1.82) is 0 Å². The first-order chi connectivity index (χ1) is 13.1. The topological polar surface area (TPSA) is 52.2 Å². The average Bonchev–Trinajstić information content (AvgIpc) is 3.18. The first kappa shape index (κ1) is 17.6. The summed E-state index contributed by atoms with van der Waals surface area (Å²) < 4.78 is 0. The van der Waals surface area contributed by atoms with Crippen LogP contribution < -0.4 is 4.90 Å². The molecule has 0 saturated carbocycles. The molecule has 1 aromatic heterocycles. The van der Waals surface area contributed by atoms with Crippen molar-refractivity contribution >= 4 is 23.2 Å². The molecule has 3 aromatic rings. The van der Waals surface area contributed by atoms with Gasteiger partial charge in [0.2, 0.25) is 0 Å². The van der Waals surface area contributed by atoms with Gasteiger partial charge in [-0.1, -0.05) is 41.4 Å². The summed E-state index contributed by atoms with van der Waals surface area (Å²) in [6.07, 6.45) is 1.61.